The number of thiazole rings is 1. The number of nitrogens with one attached hydrogen (secondary N) is 1. The van der Waals surface area contributed by atoms with Gasteiger partial charge < -0.3 is 14.6 Å². The molecule has 0 aliphatic heterocycles. The highest BCUT2D eigenvalue weighted by molar-refractivity contribution is 7.14. The summed E-state index contributed by atoms with van der Waals surface area (Å²) in [6.07, 6.45) is 1.36. The molecule has 0 atom stereocenters. The van der Waals surface area contributed by atoms with E-state index in [1.54, 1.807) is 12.1 Å². The fourth-order valence-corrected chi connectivity index (χ4v) is 4.13. The van der Waals surface area contributed by atoms with E-state index in [1.165, 1.54) is 40.9 Å². The smallest absolute Gasteiger partial charge is 0.332 e. The van der Waals surface area contributed by atoms with Gasteiger partial charge in [-0.2, -0.15) is 0 Å². The molecule has 0 aliphatic carbocycles. The SMILES string of the molecule is CCOc1cc(-c2csc(NC(=O)Cn3cnc4c3c(=O)n(C)c(=O)n4C)n2)ccc1Cl. The zero-order valence-electron chi connectivity index (χ0n) is 17.5. The minimum atomic E-state index is -0.516. The van der Waals surface area contributed by atoms with E-state index in [-0.39, 0.29) is 23.6 Å². The Morgan fingerprint density at radius 2 is 2.03 bits per heavy atom. The molecule has 0 fully saturated rings. The normalized spacial score (nSPS) is 11.1. The third-order valence-corrected chi connectivity index (χ3v) is 5.88. The Kier molecular flexibility index (Phi) is 5.85. The second-order valence-electron chi connectivity index (χ2n) is 6.91. The van der Waals surface area contributed by atoms with Crippen molar-refractivity contribution >= 4 is 45.1 Å². The molecule has 1 amide bonds. The Balaban J connectivity index is 1.54. The third-order valence-electron chi connectivity index (χ3n) is 4.81. The number of hydrogen-bond acceptors (Lipinski definition) is 7. The number of carbonyl (C=O) groups excluding carboxylic acids is 1. The fourth-order valence-electron chi connectivity index (χ4n) is 3.22. The van der Waals surface area contributed by atoms with Crippen molar-refractivity contribution in [1.29, 1.82) is 0 Å². The molecular weight excluding hydrogens is 456 g/mol. The average Bonchev–Trinajstić information content (AvgIpc) is 3.40. The third kappa shape index (κ3) is 3.92. The highest BCUT2D eigenvalue weighted by atomic mass is 35.5. The summed E-state index contributed by atoms with van der Waals surface area (Å²) in [5.74, 6) is 0.181. The monoisotopic (exact) mass is 474 g/mol. The van der Waals surface area contributed by atoms with E-state index < -0.39 is 11.2 Å². The summed E-state index contributed by atoms with van der Waals surface area (Å²) in [5, 5.41) is 5.46. The van der Waals surface area contributed by atoms with Gasteiger partial charge in [-0.05, 0) is 19.1 Å². The van der Waals surface area contributed by atoms with Crippen molar-refractivity contribution in [2.75, 3.05) is 11.9 Å². The molecule has 32 heavy (non-hydrogen) atoms. The van der Waals surface area contributed by atoms with Crippen LogP contribution < -0.4 is 21.3 Å². The molecule has 0 bridgehead atoms. The number of halogens is 1. The van der Waals surface area contributed by atoms with Gasteiger partial charge in [0, 0.05) is 25.0 Å². The van der Waals surface area contributed by atoms with Gasteiger partial charge in [0.1, 0.15) is 12.3 Å². The van der Waals surface area contributed by atoms with E-state index in [2.05, 4.69) is 15.3 Å². The van der Waals surface area contributed by atoms with Gasteiger partial charge in [0.05, 0.1) is 23.7 Å². The number of hydrogen-bond donors (Lipinski definition) is 1. The molecule has 1 aromatic carbocycles. The maximum absolute atomic E-state index is 12.6. The van der Waals surface area contributed by atoms with Gasteiger partial charge in [-0.3, -0.25) is 18.7 Å². The van der Waals surface area contributed by atoms with Gasteiger partial charge in [-0.15, -0.1) is 11.3 Å². The summed E-state index contributed by atoms with van der Waals surface area (Å²) in [4.78, 5) is 45.7. The predicted molar refractivity (Wildman–Crippen MR) is 123 cm³/mol. The first kappa shape index (κ1) is 21.8. The predicted octanol–water partition coefficient (Wildman–Crippen LogP) is 2.25. The van der Waals surface area contributed by atoms with Crippen LogP contribution in [0.4, 0.5) is 5.13 Å². The van der Waals surface area contributed by atoms with E-state index in [0.29, 0.717) is 28.2 Å². The Morgan fingerprint density at radius 1 is 1.25 bits per heavy atom. The lowest BCUT2D eigenvalue weighted by atomic mass is 10.1. The molecular formula is C20H19ClN6O4S. The number of amides is 1. The molecule has 3 aromatic heterocycles. The molecule has 3 heterocycles. The van der Waals surface area contributed by atoms with Gasteiger partial charge in [0.2, 0.25) is 5.91 Å². The van der Waals surface area contributed by atoms with E-state index in [9.17, 15) is 14.4 Å². The van der Waals surface area contributed by atoms with Crippen LogP contribution >= 0.6 is 22.9 Å². The Labute approximate surface area is 190 Å². The van der Waals surface area contributed by atoms with Gasteiger partial charge in [0.25, 0.3) is 5.56 Å². The highest BCUT2D eigenvalue weighted by Crippen LogP contribution is 2.32. The summed E-state index contributed by atoms with van der Waals surface area (Å²) in [7, 11) is 2.90. The van der Waals surface area contributed by atoms with E-state index in [4.69, 9.17) is 16.3 Å². The van der Waals surface area contributed by atoms with E-state index >= 15 is 0 Å². The number of aryl methyl sites for hydroxylation is 1. The Morgan fingerprint density at radius 3 is 2.78 bits per heavy atom. The maximum atomic E-state index is 12.6. The van der Waals surface area contributed by atoms with Crippen molar-refractivity contribution in [3.8, 4) is 17.0 Å². The van der Waals surface area contributed by atoms with Crippen LogP contribution in [0.15, 0.2) is 39.5 Å². The van der Waals surface area contributed by atoms with Crippen LogP contribution in [0.1, 0.15) is 6.92 Å². The average molecular weight is 475 g/mol. The topological polar surface area (TPSA) is 113 Å². The second-order valence-corrected chi connectivity index (χ2v) is 8.18. The van der Waals surface area contributed by atoms with Crippen molar-refractivity contribution in [1.82, 2.24) is 23.7 Å². The zero-order chi connectivity index (χ0) is 23.0. The molecule has 0 unspecified atom stereocenters. The van der Waals surface area contributed by atoms with Crippen LogP contribution in [-0.2, 0) is 25.4 Å². The Bertz CT molecular complexity index is 1450. The molecule has 0 saturated carbocycles. The van der Waals surface area contributed by atoms with Crippen LogP contribution in [0, 0.1) is 0 Å². The maximum Gasteiger partial charge on any atom is 0.332 e. The molecule has 12 heteroatoms. The number of rotatable bonds is 6. The van der Waals surface area contributed by atoms with Crippen LogP contribution in [0.3, 0.4) is 0 Å². The first-order valence-electron chi connectivity index (χ1n) is 9.59. The number of aromatic nitrogens is 5. The number of imidazole rings is 1. The minimum absolute atomic E-state index is 0.158. The van der Waals surface area contributed by atoms with Crippen molar-refractivity contribution in [3.05, 3.63) is 55.8 Å². The van der Waals surface area contributed by atoms with Crippen LogP contribution in [-0.4, -0.2) is 36.2 Å². The molecule has 4 aromatic rings. The highest BCUT2D eigenvalue weighted by Gasteiger charge is 2.17. The number of anilines is 1. The lowest BCUT2D eigenvalue weighted by Crippen LogP contribution is -2.37. The van der Waals surface area contributed by atoms with Gasteiger partial charge in [-0.25, -0.2) is 14.8 Å². The van der Waals surface area contributed by atoms with Crippen LogP contribution in [0.25, 0.3) is 22.4 Å². The van der Waals surface area contributed by atoms with Crippen LogP contribution in [0.5, 0.6) is 5.75 Å². The molecule has 0 radical (unpaired) electrons. The standard InChI is InChI=1S/C20H19ClN6O4S/c1-4-31-14-7-11(5-6-12(14)21)13-9-32-19(23-13)24-15(28)8-27-10-22-17-16(27)18(29)26(3)20(30)25(17)2/h5-7,9-10H,4,8H2,1-3H3,(H,23,24,28). The molecule has 0 spiro atoms. The molecule has 10 nitrogen and oxygen atoms in total. The number of nitrogens with zero attached hydrogens (tertiary/aromatic N) is 5. The van der Waals surface area contributed by atoms with Crippen molar-refractivity contribution in [2.45, 2.75) is 13.5 Å². The van der Waals surface area contributed by atoms with Gasteiger partial charge in [0.15, 0.2) is 16.3 Å². The van der Waals surface area contributed by atoms with Gasteiger partial charge >= 0.3 is 5.69 Å². The lowest BCUT2D eigenvalue weighted by molar-refractivity contribution is -0.116. The van der Waals surface area contributed by atoms with E-state index in [0.717, 1.165) is 10.1 Å². The number of ether oxygens (including phenoxy) is 1. The summed E-state index contributed by atoms with van der Waals surface area (Å²) in [6.45, 7) is 2.20. The van der Waals surface area contributed by atoms with Crippen molar-refractivity contribution in [3.63, 3.8) is 0 Å². The Hall–Kier alpha value is -3.44. The lowest BCUT2D eigenvalue weighted by Gasteiger charge is -2.07. The molecule has 0 saturated heterocycles. The van der Waals surface area contributed by atoms with Crippen molar-refractivity contribution < 1.29 is 9.53 Å². The summed E-state index contributed by atoms with van der Waals surface area (Å²) in [5.41, 5.74) is 0.865. The summed E-state index contributed by atoms with van der Waals surface area (Å²) in [6, 6.07) is 5.35. The molecule has 166 valence electrons. The molecule has 0 aliphatic rings. The number of benzene rings is 1. The first-order chi connectivity index (χ1) is 15.3. The van der Waals surface area contributed by atoms with Gasteiger partial charge in [-0.1, -0.05) is 17.7 Å². The largest absolute Gasteiger partial charge is 0.492 e. The second kappa shape index (κ2) is 8.60. The summed E-state index contributed by atoms with van der Waals surface area (Å²) < 4.78 is 9.17. The first-order valence-corrected chi connectivity index (χ1v) is 10.8. The van der Waals surface area contributed by atoms with Crippen molar-refractivity contribution in [2.24, 2.45) is 14.1 Å². The fraction of sp³-hybridized carbons (Fsp3) is 0.250. The zero-order valence-corrected chi connectivity index (χ0v) is 19.0. The minimum Gasteiger partial charge on any atom is -0.492 e. The summed E-state index contributed by atoms with van der Waals surface area (Å²) >= 11 is 7.40. The number of fused-ring (bicyclic) bond motifs is 1. The number of carbonyl (C=O) groups is 1. The van der Waals surface area contributed by atoms with Crippen LogP contribution in [0.2, 0.25) is 5.02 Å². The van der Waals surface area contributed by atoms with E-state index in [1.807, 2.05) is 18.4 Å². The molecule has 1 N–H and O–H groups in total. The quantitative estimate of drug-likeness (QED) is 0.458. The molecule has 4 rings (SSSR count).